The molecule has 0 fully saturated rings. The second-order valence-electron chi connectivity index (χ2n) is 5.86. The van der Waals surface area contributed by atoms with Crippen LogP contribution in [0.4, 0.5) is 13.2 Å². The van der Waals surface area contributed by atoms with Gasteiger partial charge in [-0.25, -0.2) is 0 Å². The fourth-order valence-corrected chi connectivity index (χ4v) is 10.1. The van der Waals surface area contributed by atoms with Gasteiger partial charge in [-0.1, -0.05) is 0 Å². The Morgan fingerprint density at radius 1 is 0.600 bits per heavy atom. The van der Waals surface area contributed by atoms with Crippen LogP contribution in [-0.4, -0.2) is 11.7 Å². The minimum atomic E-state index is -2.53. The molecule has 0 aliphatic heterocycles. The molecule has 0 spiro atoms. The Hall–Kier alpha value is -1.77. The van der Waals surface area contributed by atoms with E-state index in [0.29, 0.717) is 0 Å². The van der Waals surface area contributed by atoms with Gasteiger partial charge in [-0.15, -0.1) is 0 Å². The van der Waals surface area contributed by atoms with Crippen molar-refractivity contribution >= 4 is 34.9 Å². The molecule has 3 aromatic carbocycles. The van der Waals surface area contributed by atoms with Crippen molar-refractivity contribution in [1.29, 1.82) is 0 Å². The SMILES string of the molecule is CSC[PH](c1ccc(F)cc1)(c1ccc(F)cc1)c1ccc(F)cc1. The zero-order valence-corrected chi connectivity index (χ0v) is 15.5. The average molecular weight is 378 g/mol. The molecule has 0 aliphatic carbocycles. The minimum absolute atomic E-state index is 0.297. The first-order valence-electron chi connectivity index (χ1n) is 7.83. The molecule has 3 aromatic rings. The maximum absolute atomic E-state index is 13.5. The summed E-state index contributed by atoms with van der Waals surface area (Å²) in [4.78, 5) is 0. The molecule has 3 rings (SSSR count). The van der Waals surface area contributed by atoms with Crippen molar-refractivity contribution in [2.75, 3.05) is 11.7 Å². The third kappa shape index (κ3) is 3.61. The molecular formula is C20H18F3PS. The molecule has 25 heavy (non-hydrogen) atoms. The molecule has 0 radical (unpaired) electrons. The van der Waals surface area contributed by atoms with Gasteiger partial charge >= 0.3 is 150 Å². The van der Waals surface area contributed by atoms with E-state index in [2.05, 4.69) is 0 Å². The van der Waals surface area contributed by atoms with Crippen LogP contribution in [0.3, 0.4) is 0 Å². The number of rotatable bonds is 5. The quantitative estimate of drug-likeness (QED) is 0.591. The van der Waals surface area contributed by atoms with Crippen LogP contribution < -0.4 is 15.9 Å². The molecule has 0 unspecified atom stereocenters. The molecule has 0 amide bonds. The molecule has 130 valence electrons. The van der Waals surface area contributed by atoms with Crippen LogP contribution in [0.15, 0.2) is 72.8 Å². The van der Waals surface area contributed by atoms with Crippen molar-refractivity contribution in [2.24, 2.45) is 0 Å². The van der Waals surface area contributed by atoms with Crippen LogP contribution >= 0.6 is 19.0 Å². The van der Waals surface area contributed by atoms with E-state index in [4.69, 9.17) is 0 Å². The van der Waals surface area contributed by atoms with Crippen molar-refractivity contribution < 1.29 is 13.2 Å². The van der Waals surface area contributed by atoms with E-state index in [-0.39, 0.29) is 17.5 Å². The third-order valence-electron chi connectivity index (χ3n) is 4.37. The second kappa shape index (κ2) is 7.63. The average Bonchev–Trinajstić information content (AvgIpc) is 2.62. The number of thioether (sulfide) groups is 1. The molecule has 0 aromatic heterocycles. The Morgan fingerprint density at radius 2 is 0.880 bits per heavy atom. The molecule has 0 N–H and O–H groups in total. The van der Waals surface area contributed by atoms with Gasteiger partial charge in [0.1, 0.15) is 0 Å². The predicted molar refractivity (Wildman–Crippen MR) is 105 cm³/mol. The Morgan fingerprint density at radius 3 is 1.12 bits per heavy atom. The summed E-state index contributed by atoms with van der Waals surface area (Å²) in [6.45, 7) is 0. The topological polar surface area (TPSA) is 0 Å². The Kier molecular flexibility index (Phi) is 5.51. The molecule has 0 nitrogen and oxygen atoms in total. The van der Waals surface area contributed by atoms with E-state index in [1.807, 2.05) is 6.26 Å². The molecule has 0 saturated carbocycles. The molecule has 5 heteroatoms. The van der Waals surface area contributed by atoms with Gasteiger partial charge in [-0.3, -0.25) is 0 Å². The number of hydrogen-bond donors (Lipinski definition) is 0. The van der Waals surface area contributed by atoms with E-state index in [9.17, 15) is 13.2 Å². The summed E-state index contributed by atoms with van der Waals surface area (Å²) < 4.78 is 40.4. The fraction of sp³-hybridized carbons (Fsp3) is 0.100. The van der Waals surface area contributed by atoms with Gasteiger partial charge in [0.25, 0.3) is 0 Å². The Labute approximate surface area is 150 Å². The summed E-state index contributed by atoms with van der Waals surface area (Å²) in [5.74, 6) is -0.892. The number of halogens is 3. The van der Waals surface area contributed by atoms with Gasteiger partial charge in [0.2, 0.25) is 0 Å². The van der Waals surface area contributed by atoms with E-state index >= 15 is 0 Å². The van der Waals surface area contributed by atoms with Crippen molar-refractivity contribution in [2.45, 2.75) is 0 Å². The monoisotopic (exact) mass is 378 g/mol. The summed E-state index contributed by atoms with van der Waals surface area (Å²) in [6, 6.07) is 19.5. The van der Waals surface area contributed by atoms with Gasteiger partial charge < -0.3 is 0 Å². The molecule has 0 aliphatic rings. The summed E-state index contributed by atoms with van der Waals surface area (Å²) in [6.07, 6.45) is 2.01. The van der Waals surface area contributed by atoms with Crippen molar-refractivity contribution in [1.82, 2.24) is 0 Å². The van der Waals surface area contributed by atoms with E-state index in [1.54, 1.807) is 48.2 Å². The van der Waals surface area contributed by atoms with Crippen LogP contribution in [0.2, 0.25) is 0 Å². The standard InChI is InChI=1S/C20H18F3PS/c1-25-14-24(18-8-2-15(21)3-9-18,19-10-4-16(22)5-11-19)20-12-6-17(23)7-13-20/h2-13,24H,14H2,1H3. The van der Waals surface area contributed by atoms with Crippen molar-refractivity contribution in [3.63, 3.8) is 0 Å². The first-order chi connectivity index (χ1) is 12.1. The molecule has 0 atom stereocenters. The van der Waals surface area contributed by atoms with Crippen molar-refractivity contribution in [3.05, 3.63) is 90.2 Å². The van der Waals surface area contributed by atoms with Gasteiger partial charge in [-0.05, 0) is 0 Å². The third-order valence-corrected chi connectivity index (χ3v) is 11.2. The fourth-order valence-electron chi connectivity index (χ4n) is 3.17. The van der Waals surface area contributed by atoms with Crippen molar-refractivity contribution in [3.8, 4) is 0 Å². The number of hydrogen-bond acceptors (Lipinski definition) is 1. The summed E-state index contributed by atoms with van der Waals surface area (Å²) in [5, 5.41) is 3.05. The normalized spacial score (nSPS) is 12.2. The zero-order valence-electron chi connectivity index (χ0n) is 13.7. The van der Waals surface area contributed by atoms with Crippen LogP contribution in [0.1, 0.15) is 0 Å². The zero-order chi connectivity index (χ0) is 17.9. The molecular weight excluding hydrogens is 360 g/mol. The van der Waals surface area contributed by atoms with Gasteiger partial charge in [0, 0.05) is 0 Å². The van der Waals surface area contributed by atoms with Crippen LogP contribution in [-0.2, 0) is 0 Å². The first-order valence-corrected chi connectivity index (χ1v) is 11.4. The summed E-state index contributed by atoms with van der Waals surface area (Å²) in [5.41, 5.74) is 0.788. The summed E-state index contributed by atoms with van der Waals surface area (Å²) >= 11 is 1.69. The predicted octanol–water partition coefficient (Wildman–Crippen LogP) is 4.45. The van der Waals surface area contributed by atoms with Gasteiger partial charge in [0.05, 0.1) is 0 Å². The van der Waals surface area contributed by atoms with E-state index < -0.39 is 7.26 Å². The molecule has 0 heterocycles. The van der Waals surface area contributed by atoms with Gasteiger partial charge in [-0.2, -0.15) is 0 Å². The summed E-state index contributed by atoms with van der Waals surface area (Å²) in [7, 11) is -2.53. The first kappa shape index (κ1) is 18.0. The van der Waals surface area contributed by atoms with E-state index in [1.165, 1.54) is 36.4 Å². The maximum atomic E-state index is 13.5. The Balaban J connectivity index is 2.28. The Bertz CT molecular complexity index is 719. The van der Waals surface area contributed by atoms with Crippen LogP contribution in [0.25, 0.3) is 0 Å². The number of benzene rings is 3. The molecule has 0 bridgehead atoms. The van der Waals surface area contributed by atoms with Gasteiger partial charge in [0.15, 0.2) is 0 Å². The van der Waals surface area contributed by atoms with Crippen LogP contribution in [0.5, 0.6) is 0 Å². The van der Waals surface area contributed by atoms with E-state index in [0.717, 1.165) is 21.4 Å². The second-order valence-corrected chi connectivity index (χ2v) is 11.1. The molecule has 0 saturated heterocycles. The van der Waals surface area contributed by atoms with Crippen LogP contribution in [0, 0.1) is 17.5 Å².